The molecule has 0 saturated carbocycles. The van der Waals surface area contributed by atoms with E-state index in [0.29, 0.717) is 10.5 Å². The molecule has 3 rings (SSSR count). The van der Waals surface area contributed by atoms with Crippen LogP contribution in [0.4, 0.5) is 0 Å². The number of halogens is 1. The third-order valence-corrected chi connectivity index (χ3v) is 4.03. The zero-order valence-electron chi connectivity index (χ0n) is 8.75. The average Bonchev–Trinajstić information content (AvgIpc) is 2.66. The van der Waals surface area contributed by atoms with Crippen LogP contribution in [0.1, 0.15) is 10.4 Å². The van der Waals surface area contributed by atoms with Crippen LogP contribution >= 0.6 is 27.3 Å². The first-order valence-corrected chi connectivity index (χ1v) is 6.52. The summed E-state index contributed by atoms with van der Waals surface area (Å²) in [7, 11) is 0. The zero-order chi connectivity index (χ0) is 12.9. The summed E-state index contributed by atoms with van der Waals surface area (Å²) in [5, 5.41) is 8.92. The molecule has 90 valence electrons. The highest BCUT2D eigenvalue weighted by molar-refractivity contribution is 9.10. The van der Waals surface area contributed by atoms with Crippen LogP contribution in [0.15, 0.2) is 33.7 Å². The van der Waals surface area contributed by atoms with Gasteiger partial charge in [0.15, 0.2) is 4.96 Å². The van der Waals surface area contributed by atoms with Gasteiger partial charge in [-0.2, -0.15) is 0 Å². The van der Waals surface area contributed by atoms with E-state index in [1.807, 2.05) is 6.07 Å². The maximum atomic E-state index is 12.1. The molecule has 0 unspecified atom stereocenters. The van der Waals surface area contributed by atoms with Gasteiger partial charge in [-0.15, -0.1) is 0 Å². The van der Waals surface area contributed by atoms with Gasteiger partial charge in [-0.05, 0) is 18.2 Å². The average molecular weight is 325 g/mol. The number of aromatic carboxylic acids is 1. The molecule has 0 amide bonds. The van der Waals surface area contributed by atoms with Gasteiger partial charge in [0.1, 0.15) is 5.56 Å². The molecule has 5 nitrogen and oxygen atoms in total. The van der Waals surface area contributed by atoms with Crippen molar-refractivity contribution < 1.29 is 9.90 Å². The van der Waals surface area contributed by atoms with E-state index in [1.54, 1.807) is 12.1 Å². The van der Waals surface area contributed by atoms with Crippen LogP contribution in [0.5, 0.6) is 0 Å². The predicted molar refractivity (Wildman–Crippen MR) is 71.5 cm³/mol. The molecule has 0 radical (unpaired) electrons. The number of rotatable bonds is 1. The first kappa shape index (κ1) is 11.4. The minimum Gasteiger partial charge on any atom is -0.477 e. The summed E-state index contributed by atoms with van der Waals surface area (Å²) in [6.45, 7) is 0. The number of thiazole rings is 1. The Morgan fingerprint density at radius 1 is 1.44 bits per heavy atom. The Morgan fingerprint density at radius 3 is 2.94 bits per heavy atom. The molecule has 1 aromatic carbocycles. The van der Waals surface area contributed by atoms with Crippen LogP contribution in [0.3, 0.4) is 0 Å². The molecule has 0 saturated heterocycles. The Balaban J connectivity index is 2.54. The number of aromatic nitrogens is 2. The minimum atomic E-state index is -1.27. The van der Waals surface area contributed by atoms with Gasteiger partial charge in [0.2, 0.25) is 0 Å². The molecule has 0 fully saturated rings. The van der Waals surface area contributed by atoms with E-state index in [4.69, 9.17) is 5.11 Å². The van der Waals surface area contributed by atoms with E-state index in [-0.39, 0.29) is 5.56 Å². The molecule has 2 aromatic heterocycles. The second kappa shape index (κ2) is 3.89. The first-order valence-electron chi connectivity index (χ1n) is 4.91. The van der Waals surface area contributed by atoms with Gasteiger partial charge >= 0.3 is 5.97 Å². The van der Waals surface area contributed by atoms with E-state index >= 15 is 0 Å². The standard InChI is InChI=1S/C11H5BrN2O3S/c12-5-1-2-7-8(3-5)18-11-13-4-6(10(16)17)9(15)14(7)11/h1-4H,(H,16,17). The van der Waals surface area contributed by atoms with E-state index in [0.717, 1.165) is 15.4 Å². The summed E-state index contributed by atoms with van der Waals surface area (Å²) in [5.41, 5.74) is -0.213. The number of benzene rings is 1. The quantitative estimate of drug-likeness (QED) is 0.746. The van der Waals surface area contributed by atoms with E-state index < -0.39 is 11.5 Å². The van der Waals surface area contributed by atoms with E-state index in [2.05, 4.69) is 20.9 Å². The van der Waals surface area contributed by atoms with Crippen molar-refractivity contribution in [3.05, 3.63) is 44.8 Å². The lowest BCUT2D eigenvalue weighted by Crippen LogP contribution is -2.21. The number of carbonyl (C=O) groups is 1. The van der Waals surface area contributed by atoms with Gasteiger partial charge < -0.3 is 5.11 Å². The van der Waals surface area contributed by atoms with Crippen molar-refractivity contribution in [2.45, 2.75) is 0 Å². The molecule has 0 spiro atoms. The number of hydrogen-bond donors (Lipinski definition) is 1. The fourth-order valence-corrected chi connectivity index (χ4v) is 3.26. The van der Waals surface area contributed by atoms with Gasteiger partial charge in [-0.1, -0.05) is 27.3 Å². The summed E-state index contributed by atoms with van der Waals surface area (Å²) in [6, 6.07) is 5.43. The fraction of sp³-hybridized carbons (Fsp3) is 0. The molecule has 0 aliphatic rings. The van der Waals surface area contributed by atoms with Crippen LogP contribution in [0.25, 0.3) is 15.2 Å². The highest BCUT2D eigenvalue weighted by Crippen LogP contribution is 2.26. The second-order valence-electron chi connectivity index (χ2n) is 3.61. The first-order chi connectivity index (χ1) is 8.58. The van der Waals surface area contributed by atoms with Crippen molar-refractivity contribution in [3.63, 3.8) is 0 Å². The fourth-order valence-electron chi connectivity index (χ4n) is 1.72. The predicted octanol–water partition coefficient (Wildman–Crippen LogP) is 2.37. The summed E-state index contributed by atoms with van der Waals surface area (Å²) >= 11 is 4.69. The maximum absolute atomic E-state index is 12.1. The molecule has 0 aliphatic heterocycles. The molecule has 2 heterocycles. The summed E-state index contributed by atoms with van der Waals surface area (Å²) in [4.78, 5) is 27.5. The molecular formula is C11H5BrN2O3S. The van der Waals surface area contributed by atoms with Crippen LogP contribution in [-0.2, 0) is 0 Å². The number of nitrogens with zero attached hydrogens (tertiary/aromatic N) is 2. The number of hydrogen-bond acceptors (Lipinski definition) is 4. The van der Waals surface area contributed by atoms with E-state index in [1.165, 1.54) is 15.7 Å². The van der Waals surface area contributed by atoms with Crippen LogP contribution in [0.2, 0.25) is 0 Å². The molecule has 18 heavy (non-hydrogen) atoms. The van der Waals surface area contributed by atoms with Gasteiger partial charge in [-0.3, -0.25) is 9.20 Å². The highest BCUT2D eigenvalue weighted by Gasteiger charge is 2.15. The van der Waals surface area contributed by atoms with Crippen molar-refractivity contribution >= 4 is 48.4 Å². The zero-order valence-corrected chi connectivity index (χ0v) is 11.2. The van der Waals surface area contributed by atoms with Crippen LogP contribution < -0.4 is 5.56 Å². The summed E-state index contributed by atoms with van der Waals surface area (Å²) in [6.07, 6.45) is 1.10. The SMILES string of the molecule is O=C(O)c1cnc2sc3cc(Br)ccc3n2c1=O. The smallest absolute Gasteiger partial charge is 0.342 e. The number of carboxylic acids is 1. The lowest BCUT2D eigenvalue weighted by atomic mass is 10.3. The summed E-state index contributed by atoms with van der Waals surface area (Å²) < 4.78 is 3.10. The van der Waals surface area contributed by atoms with E-state index in [9.17, 15) is 9.59 Å². The molecule has 0 atom stereocenters. The Bertz CT molecular complexity index is 852. The van der Waals surface area contributed by atoms with Crippen molar-refractivity contribution in [3.8, 4) is 0 Å². The second-order valence-corrected chi connectivity index (χ2v) is 5.54. The van der Waals surface area contributed by atoms with Crippen molar-refractivity contribution in [1.82, 2.24) is 9.38 Å². The topological polar surface area (TPSA) is 71.7 Å². The lowest BCUT2D eigenvalue weighted by Gasteiger charge is -1.96. The van der Waals surface area contributed by atoms with Gasteiger partial charge in [0.25, 0.3) is 5.56 Å². The van der Waals surface area contributed by atoms with Crippen LogP contribution in [0, 0.1) is 0 Å². The largest absolute Gasteiger partial charge is 0.477 e. The number of fused-ring (bicyclic) bond motifs is 3. The summed E-state index contributed by atoms with van der Waals surface area (Å²) in [5.74, 6) is -1.27. The lowest BCUT2D eigenvalue weighted by molar-refractivity contribution is 0.0694. The molecule has 3 aromatic rings. The molecule has 1 N–H and O–H groups in total. The molecule has 7 heteroatoms. The Labute approximate surface area is 112 Å². The van der Waals surface area contributed by atoms with Crippen molar-refractivity contribution in [2.75, 3.05) is 0 Å². The van der Waals surface area contributed by atoms with Gasteiger partial charge in [0, 0.05) is 4.47 Å². The number of carboxylic acid groups (broad SMARTS) is 1. The Kier molecular flexibility index (Phi) is 2.46. The van der Waals surface area contributed by atoms with Crippen molar-refractivity contribution in [2.24, 2.45) is 0 Å². The van der Waals surface area contributed by atoms with Crippen molar-refractivity contribution in [1.29, 1.82) is 0 Å². The molecule has 0 bridgehead atoms. The normalized spacial score (nSPS) is 11.2. The van der Waals surface area contributed by atoms with Gasteiger partial charge in [-0.25, -0.2) is 9.78 Å². The molecule has 0 aliphatic carbocycles. The minimum absolute atomic E-state index is 0.324. The van der Waals surface area contributed by atoms with Gasteiger partial charge in [0.05, 0.1) is 16.4 Å². The maximum Gasteiger partial charge on any atom is 0.342 e. The third kappa shape index (κ3) is 1.55. The highest BCUT2D eigenvalue weighted by atomic mass is 79.9. The molecular weight excluding hydrogens is 320 g/mol. The van der Waals surface area contributed by atoms with Crippen LogP contribution in [-0.4, -0.2) is 20.5 Å². The monoisotopic (exact) mass is 324 g/mol. The third-order valence-electron chi connectivity index (χ3n) is 2.52. The Hall–Kier alpha value is -1.73. The Morgan fingerprint density at radius 2 is 2.22 bits per heavy atom.